The summed E-state index contributed by atoms with van der Waals surface area (Å²) < 4.78 is 0.965. The number of halogens is 1. The summed E-state index contributed by atoms with van der Waals surface area (Å²) in [6, 6.07) is 23.5. The Morgan fingerprint density at radius 3 is 2.45 bits per heavy atom. The zero-order valence-corrected chi connectivity index (χ0v) is 19.9. The number of aromatic amines is 1. The van der Waals surface area contributed by atoms with Crippen LogP contribution in [-0.2, 0) is 4.79 Å². The fourth-order valence-corrected chi connectivity index (χ4v) is 4.75. The number of hydrogen-bond acceptors (Lipinski definition) is 3. The molecule has 3 aromatic carbocycles. The van der Waals surface area contributed by atoms with Crippen LogP contribution in [0.5, 0.6) is 0 Å². The number of fused-ring (bicyclic) bond motifs is 1. The number of hydrazone groups is 1. The smallest absolute Gasteiger partial charge is 0.258 e. The largest absolute Gasteiger partial charge is 0.321 e. The number of rotatable bonds is 3. The van der Waals surface area contributed by atoms with Gasteiger partial charge in [-0.2, -0.15) is 5.10 Å². The lowest BCUT2D eigenvalue weighted by Gasteiger charge is -2.20. The number of nitrogens with zero attached hydrogens (tertiary/aromatic N) is 2. The van der Waals surface area contributed by atoms with E-state index < -0.39 is 0 Å². The first kappa shape index (κ1) is 21.3. The van der Waals surface area contributed by atoms with Gasteiger partial charge in [-0.25, -0.2) is 5.01 Å². The van der Waals surface area contributed by atoms with Gasteiger partial charge < -0.3 is 4.98 Å². The number of amides is 1. The van der Waals surface area contributed by atoms with Crippen LogP contribution in [0.15, 0.2) is 87.2 Å². The van der Waals surface area contributed by atoms with E-state index in [0.717, 1.165) is 37.6 Å². The van der Waals surface area contributed by atoms with Gasteiger partial charge in [0.05, 0.1) is 17.3 Å². The van der Waals surface area contributed by atoms with Gasteiger partial charge in [0.2, 0.25) is 5.91 Å². The highest BCUT2D eigenvalue weighted by Crippen LogP contribution is 2.37. The van der Waals surface area contributed by atoms with Crippen LogP contribution < -0.4 is 5.56 Å². The SMILES string of the molecule is CC(=O)N1N=C(c2c(-c3ccccc3)c3cc(C)ccc3[nH]c2=O)CC1c1ccc(Br)cc1. The third-order valence-corrected chi connectivity index (χ3v) is 6.54. The molecule has 6 heteroatoms. The Balaban J connectivity index is 1.74. The van der Waals surface area contributed by atoms with Crippen molar-refractivity contribution < 1.29 is 4.79 Å². The van der Waals surface area contributed by atoms with Crippen LogP contribution in [0.2, 0.25) is 0 Å². The molecule has 0 spiro atoms. The molecule has 1 N–H and O–H groups in total. The van der Waals surface area contributed by atoms with Crippen LogP contribution in [-0.4, -0.2) is 21.6 Å². The molecule has 0 saturated carbocycles. The summed E-state index contributed by atoms with van der Waals surface area (Å²) in [5.74, 6) is -0.160. The molecule has 1 atom stereocenters. The van der Waals surface area contributed by atoms with Gasteiger partial charge in [0, 0.05) is 34.3 Å². The first-order valence-corrected chi connectivity index (χ1v) is 11.6. The topological polar surface area (TPSA) is 65.5 Å². The zero-order valence-electron chi connectivity index (χ0n) is 18.3. The highest BCUT2D eigenvalue weighted by molar-refractivity contribution is 9.10. The molecule has 33 heavy (non-hydrogen) atoms. The lowest BCUT2D eigenvalue weighted by Crippen LogP contribution is -2.24. The number of aromatic nitrogens is 1. The Morgan fingerprint density at radius 1 is 1.03 bits per heavy atom. The lowest BCUT2D eigenvalue weighted by molar-refractivity contribution is -0.130. The number of aryl methyl sites for hydroxylation is 1. The van der Waals surface area contributed by atoms with Crippen LogP contribution >= 0.6 is 15.9 Å². The maximum Gasteiger partial charge on any atom is 0.258 e. The van der Waals surface area contributed by atoms with E-state index in [1.54, 1.807) is 0 Å². The molecule has 4 aromatic rings. The van der Waals surface area contributed by atoms with Crippen molar-refractivity contribution in [3.63, 3.8) is 0 Å². The summed E-state index contributed by atoms with van der Waals surface area (Å²) in [7, 11) is 0. The number of pyridine rings is 1. The van der Waals surface area contributed by atoms with E-state index in [4.69, 9.17) is 0 Å². The van der Waals surface area contributed by atoms with Crippen LogP contribution in [0.4, 0.5) is 0 Å². The number of hydrogen-bond donors (Lipinski definition) is 1. The highest BCUT2D eigenvalue weighted by Gasteiger charge is 2.34. The number of carbonyl (C=O) groups is 1. The number of carbonyl (C=O) groups excluding carboxylic acids is 1. The van der Waals surface area contributed by atoms with Crippen molar-refractivity contribution in [1.82, 2.24) is 9.99 Å². The molecule has 0 fully saturated rings. The standard InChI is InChI=1S/C27H22BrN3O2/c1-16-8-13-22-21(14-16)25(19-6-4-3-5-7-19)26(27(33)29-22)23-15-24(31(30-23)17(2)32)18-9-11-20(28)12-10-18/h3-14,24H,15H2,1-2H3,(H,29,33). The molecule has 5 rings (SSSR count). The quantitative estimate of drug-likeness (QED) is 0.377. The Hall–Kier alpha value is -3.51. The maximum absolute atomic E-state index is 13.4. The summed E-state index contributed by atoms with van der Waals surface area (Å²) in [4.78, 5) is 28.9. The minimum Gasteiger partial charge on any atom is -0.321 e. The summed E-state index contributed by atoms with van der Waals surface area (Å²) in [6.07, 6.45) is 0.460. The predicted molar refractivity (Wildman–Crippen MR) is 135 cm³/mol. The molecule has 0 radical (unpaired) electrons. The molecular formula is C27H22BrN3O2. The van der Waals surface area contributed by atoms with Crippen molar-refractivity contribution in [2.24, 2.45) is 5.10 Å². The van der Waals surface area contributed by atoms with Crippen molar-refractivity contribution in [3.05, 3.63) is 104 Å². The summed E-state index contributed by atoms with van der Waals surface area (Å²) in [5.41, 5.74) is 5.57. The third-order valence-electron chi connectivity index (χ3n) is 6.01. The normalized spacial score (nSPS) is 15.7. The highest BCUT2D eigenvalue weighted by atomic mass is 79.9. The number of H-pyrrole nitrogens is 1. The van der Waals surface area contributed by atoms with Crippen molar-refractivity contribution in [3.8, 4) is 11.1 Å². The van der Waals surface area contributed by atoms with Gasteiger partial charge in [-0.3, -0.25) is 9.59 Å². The van der Waals surface area contributed by atoms with E-state index >= 15 is 0 Å². The van der Waals surface area contributed by atoms with E-state index in [9.17, 15) is 9.59 Å². The van der Waals surface area contributed by atoms with E-state index in [-0.39, 0.29) is 17.5 Å². The van der Waals surface area contributed by atoms with Crippen LogP contribution in [0.3, 0.4) is 0 Å². The lowest BCUT2D eigenvalue weighted by atomic mass is 9.90. The molecule has 0 bridgehead atoms. The molecule has 1 unspecified atom stereocenters. The first-order chi connectivity index (χ1) is 15.9. The Kier molecular flexibility index (Phi) is 5.46. The molecule has 1 aliphatic rings. The van der Waals surface area contributed by atoms with E-state index in [1.165, 1.54) is 11.9 Å². The van der Waals surface area contributed by atoms with Gasteiger partial charge in [0.25, 0.3) is 5.56 Å². The molecule has 164 valence electrons. The first-order valence-electron chi connectivity index (χ1n) is 10.8. The second-order valence-electron chi connectivity index (χ2n) is 8.30. The molecule has 2 heterocycles. The minimum atomic E-state index is -0.262. The predicted octanol–water partition coefficient (Wildman–Crippen LogP) is 5.96. The fraction of sp³-hybridized carbons (Fsp3) is 0.148. The molecule has 0 aliphatic carbocycles. The molecule has 5 nitrogen and oxygen atoms in total. The van der Waals surface area contributed by atoms with Gasteiger partial charge in [-0.05, 0) is 42.3 Å². The Bertz CT molecular complexity index is 1460. The van der Waals surface area contributed by atoms with Crippen molar-refractivity contribution in [1.29, 1.82) is 0 Å². The number of benzene rings is 3. The molecular weight excluding hydrogens is 478 g/mol. The molecule has 0 saturated heterocycles. The van der Waals surface area contributed by atoms with Gasteiger partial charge in [0.1, 0.15) is 0 Å². The Morgan fingerprint density at radius 2 is 1.76 bits per heavy atom. The van der Waals surface area contributed by atoms with Crippen LogP contribution in [0, 0.1) is 6.92 Å². The van der Waals surface area contributed by atoms with E-state index in [1.807, 2.05) is 73.7 Å². The summed E-state index contributed by atoms with van der Waals surface area (Å²) in [5, 5.41) is 7.13. The minimum absolute atomic E-state index is 0.160. The monoisotopic (exact) mass is 499 g/mol. The van der Waals surface area contributed by atoms with Gasteiger partial charge in [0.15, 0.2) is 0 Å². The fourth-order valence-electron chi connectivity index (χ4n) is 4.48. The van der Waals surface area contributed by atoms with E-state index in [0.29, 0.717) is 17.7 Å². The van der Waals surface area contributed by atoms with Crippen LogP contribution in [0.1, 0.15) is 36.1 Å². The van der Waals surface area contributed by atoms with Gasteiger partial charge in [-0.1, -0.05) is 70.0 Å². The molecule has 1 aliphatic heterocycles. The maximum atomic E-state index is 13.4. The summed E-state index contributed by atoms with van der Waals surface area (Å²) >= 11 is 3.47. The molecule has 1 aromatic heterocycles. The third kappa shape index (κ3) is 3.91. The second kappa shape index (κ2) is 8.45. The zero-order chi connectivity index (χ0) is 23.1. The second-order valence-corrected chi connectivity index (χ2v) is 9.22. The van der Waals surface area contributed by atoms with Gasteiger partial charge >= 0.3 is 0 Å². The van der Waals surface area contributed by atoms with Crippen LogP contribution in [0.25, 0.3) is 22.0 Å². The van der Waals surface area contributed by atoms with E-state index in [2.05, 4.69) is 32.1 Å². The number of nitrogens with one attached hydrogen (secondary N) is 1. The molecule has 1 amide bonds. The van der Waals surface area contributed by atoms with Crippen molar-refractivity contribution >= 4 is 38.5 Å². The average Bonchev–Trinajstić information content (AvgIpc) is 3.25. The van der Waals surface area contributed by atoms with Crippen molar-refractivity contribution in [2.45, 2.75) is 26.3 Å². The Labute approximate surface area is 199 Å². The van der Waals surface area contributed by atoms with Crippen molar-refractivity contribution in [2.75, 3.05) is 0 Å². The average molecular weight is 500 g/mol. The summed E-state index contributed by atoms with van der Waals surface area (Å²) in [6.45, 7) is 3.54. The van der Waals surface area contributed by atoms with Gasteiger partial charge in [-0.15, -0.1) is 0 Å².